The van der Waals surface area contributed by atoms with Gasteiger partial charge < -0.3 is 16.0 Å². The number of amides is 3. The maximum absolute atomic E-state index is 11.7. The molecule has 7 nitrogen and oxygen atoms in total. The molecule has 1 aliphatic heterocycles. The van der Waals surface area contributed by atoms with Crippen LogP contribution in [-0.2, 0) is 21.2 Å². The van der Waals surface area contributed by atoms with Crippen LogP contribution in [0.1, 0.15) is 12.0 Å². The molecule has 3 amide bonds. The van der Waals surface area contributed by atoms with E-state index in [4.69, 9.17) is 11.6 Å². The van der Waals surface area contributed by atoms with Crippen LogP contribution in [0.25, 0.3) is 0 Å². The smallest absolute Gasteiger partial charge is 0.315 e. The lowest BCUT2D eigenvalue weighted by Crippen LogP contribution is -2.46. The van der Waals surface area contributed by atoms with E-state index in [2.05, 4.69) is 16.0 Å². The zero-order chi connectivity index (χ0) is 16.9. The van der Waals surface area contributed by atoms with Crippen LogP contribution in [0, 0.1) is 0 Å². The fourth-order valence-electron chi connectivity index (χ4n) is 2.17. The van der Waals surface area contributed by atoms with Gasteiger partial charge in [0.05, 0.1) is 18.1 Å². The van der Waals surface area contributed by atoms with Crippen LogP contribution < -0.4 is 16.0 Å². The summed E-state index contributed by atoms with van der Waals surface area (Å²) in [6.45, 7) is 0.152. The van der Waals surface area contributed by atoms with Crippen molar-refractivity contribution in [3.8, 4) is 0 Å². The largest absolute Gasteiger partial charge is 0.350 e. The summed E-state index contributed by atoms with van der Waals surface area (Å²) >= 11 is 5.77. The second-order valence-electron chi connectivity index (χ2n) is 5.33. The van der Waals surface area contributed by atoms with Crippen molar-refractivity contribution in [2.75, 3.05) is 18.1 Å². The van der Waals surface area contributed by atoms with E-state index in [-0.39, 0.29) is 24.0 Å². The van der Waals surface area contributed by atoms with Gasteiger partial charge >= 0.3 is 6.03 Å². The zero-order valence-corrected chi connectivity index (χ0v) is 13.9. The van der Waals surface area contributed by atoms with Crippen molar-refractivity contribution in [3.63, 3.8) is 0 Å². The van der Waals surface area contributed by atoms with E-state index >= 15 is 0 Å². The Morgan fingerprint density at radius 1 is 1.17 bits per heavy atom. The number of benzene rings is 1. The molecule has 1 fully saturated rings. The molecule has 126 valence electrons. The molecule has 1 heterocycles. The minimum absolute atomic E-state index is 0.0524. The second-order valence-corrected chi connectivity index (χ2v) is 8.00. The van der Waals surface area contributed by atoms with E-state index in [1.165, 1.54) is 0 Å². The Bertz CT molecular complexity index is 676. The topological polar surface area (TPSA) is 104 Å². The summed E-state index contributed by atoms with van der Waals surface area (Å²) in [7, 11) is -3.05. The van der Waals surface area contributed by atoms with Crippen LogP contribution in [0.5, 0.6) is 0 Å². The van der Waals surface area contributed by atoms with Crippen molar-refractivity contribution in [2.45, 2.75) is 19.0 Å². The van der Waals surface area contributed by atoms with Gasteiger partial charge in [-0.05, 0) is 24.1 Å². The van der Waals surface area contributed by atoms with Gasteiger partial charge in [0.2, 0.25) is 5.91 Å². The Kier molecular flexibility index (Phi) is 5.84. The van der Waals surface area contributed by atoms with E-state index in [1.54, 1.807) is 24.3 Å². The van der Waals surface area contributed by atoms with Gasteiger partial charge in [-0.15, -0.1) is 0 Å². The van der Waals surface area contributed by atoms with Gasteiger partial charge in [0.25, 0.3) is 0 Å². The molecule has 3 N–H and O–H groups in total. The van der Waals surface area contributed by atoms with Crippen LogP contribution in [0.15, 0.2) is 24.3 Å². The predicted octanol–water partition coefficient (Wildman–Crippen LogP) is 0.443. The minimum atomic E-state index is -3.05. The number of sulfone groups is 1. The Balaban J connectivity index is 1.66. The van der Waals surface area contributed by atoms with Crippen molar-refractivity contribution in [1.82, 2.24) is 16.0 Å². The fourth-order valence-corrected chi connectivity index (χ4v) is 3.97. The van der Waals surface area contributed by atoms with Crippen molar-refractivity contribution in [2.24, 2.45) is 0 Å². The highest BCUT2D eigenvalue weighted by atomic mass is 35.5. The molecule has 1 aromatic carbocycles. The zero-order valence-electron chi connectivity index (χ0n) is 12.3. The fraction of sp³-hybridized carbons (Fsp3) is 0.429. The summed E-state index contributed by atoms with van der Waals surface area (Å²) in [5, 5.41) is 8.23. The lowest BCUT2D eigenvalue weighted by atomic mass is 10.2. The molecule has 0 spiro atoms. The summed E-state index contributed by atoms with van der Waals surface area (Å²) in [6, 6.07) is 6.10. The SMILES string of the molecule is O=C(CNC(=O)N[C@H]1CCS(=O)(=O)C1)NCc1ccc(Cl)cc1. The number of carbonyl (C=O) groups is 2. The molecular formula is C14H18ClN3O4S. The molecule has 2 rings (SSSR count). The normalized spacial score (nSPS) is 19.1. The summed E-state index contributed by atoms with van der Waals surface area (Å²) in [5.41, 5.74) is 0.892. The summed E-state index contributed by atoms with van der Waals surface area (Å²) in [6.07, 6.45) is 0.401. The second kappa shape index (κ2) is 7.65. The van der Waals surface area contributed by atoms with Gasteiger partial charge in [-0.25, -0.2) is 13.2 Å². The average Bonchev–Trinajstić information content (AvgIpc) is 2.83. The lowest BCUT2D eigenvalue weighted by molar-refractivity contribution is -0.120. The molecule has 1 saturated heterocycles. The van der Waals surface area contributed by atoms with Crippen molar-refractivity contribution in [1.29, 1.82) is 0 Å². The Hall–Kier alpha value is -1.80. The van der Waals surface area contributed by atoms with E-state index in [0.29, 0.717) is 18.0 Å². The third kappa shape index (κ3) is 6.07. The number of halogens is 1. The summed E-state index contributed by atoms with van der Waals surface area (Å²) in [4.78, 5) is 23.3. The maximum Gasteiger partial charge on any atom is 0.315 e. The van der Waals surface area contributed by atoms with Gasteiger partial charge in [0.1, 0.15) is 0 Å². The number of nitrogens with one attached hydrogen (secondary N) is 3. The third-order valence-electron chi connectivity index (χ3n) is 3.38. The van der Waals surface area contributed by atoms with Crippen LogP contribution in [0.4, 0.5) is 4.79 Å². The number of carbonyl (C=O) groups excluding carboxylic acids is 2. The molecule has 0 aromatic heterocycles. The first-order valence-corrected chi connectivity index (χ1v) is 9.30. The third-order valence-corrected chi connectivity index (χ3v) is 5.40. The van der Waals surface area contributed by atoms with Crippen LogP contribution in [-0.4, -0.2) is 44.4 Å². The molecule has 0 unspecified atom stereocenters. The molecule has 0 saturated carbocycles. The van der Waals surface area contributed by atoms with Crippen LogP contribution in [0.3, 0.4) is 0 Å². The molecule has 0 bridgehead atoms. The van der Waals surface area contributed by atoms with Gasteiger partial charge in [0, 0.05) is 17.6 Å². The summed E-state index contributed by atoms with van der Waals surface area (Å²) in [5.74, 6) is -0.308. The number of hydrogen-bond acceptors (Lipinski definition) is 4. The van der Waals surface area contributed by atoms with Crippen molar-refractivity contribution in [3.05, 3.63) is 34.9 Å². The van der Waals surface area contributed by atoms with E-state index in [1.807, 2.05) is 0 Å². The monoisotopic (exact) mass is 359 g/mol. The molecular weight excluding hydrogens is 342 g/mol. The quantitative estimate of drug-likeness (QED) is 0.709. The van der Waals surface area contributed by atoms with Crippen LogP contribution >= 0.6 is 11.6 Å². The van der Waals surface area contributed by atoms with Crippen molar-refractivity contribution >= 4 is 33.4 Å². The highest BCUT2D eigenvalue weighted by Crippen LogP contribution is 2.11. The standard InChI is InChI=1S/C14H18ClN3O4S/c15-11-3-1-10(2-4-11)7-16-13(19)8-17-14(20)18-12-5-6-23(21,22)9-12/h1-4,12H,5-9H2,(H,16,19)(H2,17,18,20)/t12-/m0/s1. The molecule has 0 aliphatic carbocycles. The van der Waals surface area contributed by atoms with E-state index in [9.17, 15) is 18.0 Å². The Labute approximate surface area is 139 Å². The highest BCUT2D eigenvalue weighted by molar-refractivity contribution is 7.91. The first-order valence-electron chi connectivity index (χ1n) is 7.10. The van der Waals surface area contributed by atoms with Gasteiger partial charge in [-0.3, -0.25) is 4.79 Å². The van der Waals surface area contributed by atoms with Gasteiger partial charge in [-0.1, -0.05) is 23.7 Å². The Morgan fingerprint density at radius 3 is 2.48 bits per heavy atom. The first kappa shape index (κ1) is 17.6. The average molecular weight is 360 g/mol. The molecule has 23 heavy (non-hydrogen) atoms. The first-order chi connectivity index (χ1) is 10.8. The van der Waals surface area contributed by atoms with E-state index in [0.717, 1.165) is 5.56 Å². The molecule has 0 radical (unpaired) electrons. The minimum Gasteiger partial charge on any atom is -0.350 e. The number of rotatable bonds is 5. The van der Waals surface area contributed by atoms with Gasteiger partial charge in [-0.2, -0.15) is 0 Å². The Morgan fingerprint density at radius 2 is 1.87 bits per heavy atom. The number of urea groups is 1. The summed E-state index contributed by atoms with van der Waals surface area (Å²) < 4.78 is 22.6. The highest BCUT2D eigenvalue weighted by Gasteiger charge is 2.28. The van der Waals surface area contributed by atoms with Crippen LogP contribution in [0.2, 0.25) is 5.02 Å². The molecule has 1 aromatic rings. The molecule has 9 heteroatoms. The van der Waals surface area contributed by atoms with Crippen molar-refractivity contribution < 1.29 is 18.0 Å². The van der Waals surface area contributed by atoms with Gasteiger partial charge in [0.15, 0.2) is 9.84 Å². The molecule has 1 aliphatic rings. The number of hydrogen-bond donors (Lipinski definition) is 3. The molecule has 1 atom stereocenters. The lowest BCUT2D eigenvalue weighted by Gasteiger charge is -2.12. The predicted molar refractivity (Wildman–Crippen MR) is 86.9 cm³/mol. The maximum atomic E-state index is 11.7. The van der Waals surface area contributed by atoms with E-state index < -0.39 is 21.9 Å².